The molecular formula is C25H27Cl2FN4O2S. The van der Waals surface area contributed by atoms with Crippen molar-refractivity contribution >= 4 is 40.9 Å². The number of benzene rings is 2. The Morgan fingerprint density at radius 2 is 2.11 bits per heavy atom. The van der Waals surface area contributed by atoms with Gasteiger partial charge in [-0.1, -0.05) is 46.6 Å². The lowest BCUT2D eigenvalue weighted by atomic mass is 9.97. The van der Waals surface area contributed by atoms with E-state index in [1.807, 2.05) is 6.07 Å². The van der Waals surface area contributed by atoms with Crippen LogP contribution in [0.2, 0.25) is 10.0 Å². The number of halogens is 3. The minimum atomic E-state index is -0.166. The van der Waals surface area contributed by atoms with Crippen LogP contribution in [0.5, 0.6) is 0 Å². The molecule has 35 heavy (non-hydrogen) atoms. The van der Waals surface area contributed by atoms with E-state index in [1.54, 1.807) is 42.1 Å². The molecule has 1 N–H and O–H groups in total. The van der Waals surface area contributed by atoms with Crippen molar-refractivity contribution in [1.29, 1.82) is 0 Å². The van der Waals surface area contributed by atoms with E-state index in [0.29, 0.717) is 58.3 Å². The molecule has 0 bridgehead atoms. The summed E-state index contributed by atoms with van der Waals surface area (Å²) in [6.07, 6.45) is 2.64. The largest absolute Gasteiger partial charge is 0.356 e. The number of piperidine rings is 1. The van der Waals surface area contributed by atoms with E-state index in [-0.39, 0.29) is 17.6 Å². The molecule has 186 valence electrons. The van der Waals surface area contributed by atoms with E-state index in [9.17, 15) is 9.18 Å². The van der Waals surface area contributed by atoms with E-state index >= 15 is 0 Å². The van der Waals surface area contributed by atoms with Crippen molar-refractivity contribution in [2.75, 3.05) is 25.4 Å². The second kappa shape index (κ2) is 12.7. The third kappa shape index (κ3) is 7.43. The van der Waals surface area contributed by atoms with E-state index in [2.05, 4.69) is 20.4 Å². The Labute approximate surface area is 218 Å². The molecule has 6 nitrogen and oxygen atoms in total. The third-order valence-electron chi connectivity index (χ3n) is 5.86. The highest BCUT2D eigenvalue weighted by molar-refractivity contribution is 7.98. The summed E-state index contributed by atoms with van der Waals surface area (Å²) in [4.78, 5) is 19.3. The maximum Gasteiger partial charge on any atom is 0.241 e. The zero-order valence-corrected chi connectivity index (χ0v) is 21.5. The number of carbonyl (C=O) groups is 1. The number of carbonyl (C=O) groups excluding carboxylic acids is 1. The van der Waals surface area contributed by atoms with Crippen LogP contribution < -0.4 is 5.32 Å². The molecule has 1 amide bonds. The van der Waals surface area contributed by atoms with Crippen LogP contribution >= 0.6 is 35.0 Å². The SMILES string of the molecule is O=C(NCCCSCc1ccccc1F)C1CCCN(Cc2nc(-c3ccc(Cl)cc3Cl)no2)C1. The minimum Gasteiger partial charge on any atom is -0.356 e. The highest BCUT2D eigenvalue weighted by atomic mass is 35.5. The first-order valence-corrected chi connectivity index (χ1v) is 13.5. The second-order valence-corrected chi connectivity index (χ2v) is 10.4. The van der Waals surface area contributed by atoms with Gasteiger partial charge in [0.15, 0.2) is 0 Å². The van der Waals surface area contributed by atoms with Gasteiger partial charge >= 0.3 is 0 Å². The van der Waals surface area contributed by atoms with Crippen LogP contribution in [-0.2, 0) is 17.1 Å². The molecule has 1 aliphatic heterocycles. The average molecular weight is 537 g/mol. The lowest BCUT2D eigenvalue weighted by Gasteiger charge is -2.30. The summed E-state index contributed by atoms with van der Waals surface area (Å²) >= 11 is 13.9. The maximum atomic E-state index is 13.7. The van der Waals surface area contributed by atoms with Crippen LogP contribution in [-0.4, -0.2) is 46.3 Å². The van der Waals surface area contributed by atoms with Crippen LogP contribution in [0, 0.1) is 11.7 Å². The number of rotatable bonds is 10. The summed E-state index contributed by atoms with van der Waals surface area (Å²) in [6.45, 7) is 2.62. The maximum absolute atomic E-state index is 13.7. The molecule has 10 heteroatoms. The number of amides is 1. The quantitative estimate of drug-likeness (QED) is 0.328. The van der Waals surface area contributed by atoms with Crippen molar-refractivity contribution in [1.82, 2.24) is 20.4 Å². The van der Waals surface area contributed by atoms with Crippen LogP contribution in [0.15, 0.2) is 47.0 Å². The first-order chi connectivity index (χ1) is 17.0. The number of hydrogen-bond acceptors (Lipinski definition) is 6. The number of nitrogens with one attached hydrogen (secondary N) is 1. The van der Waals surface area contributed by atoms with Crippen LogP contribution in [0.25, 0.3) is 11.4 Å². The van der Waals surface area contributed by atoms with Gasteiger partial charge < -0.3 is 9.84 Å². The Morgan fingerprint density at radius 3 is 2.94 bits per heavy atom. The first-order valence-electron chi connectivity index (χ1n) is 11.6. The van der Waals surface area contributed by atoms with Gasteiger partial charge in [0.1, 0.15) is 5.82 Å². The van der Waals surface area contributed by atoms with Crippen molar-refractivity contribution < 1.29 is 13.7 Å². The fourth-order valence-electron chi connectivity index (χ4n) is 4.03. The van der Waals surface area contributed by atoms with E-state index < -0.39 is 0 Å². The highest BCUT2D eigenvalue weighted by Gasteiger charge is 2.27. The lowest BCUT2D eigenvalue weighted by molar-refractivity contribution is -0.126. The van der Waals surface area contributed by atoms with Gasteiger partial charge in [-0.25, -0.2) is 4.39 Å². The van der Waals surface area contributed by atoms with Gasteiger partial charge in [0.05, 0.1) is 17.5 Å². The second-order valence-electron chi connectivity index (χ2n) is 8.50. The van der Waals surface area contributed by atoms with E-state index in [1.165, 1.54) is 6.07 Å². The minimum absolute atomic E-state index is 0.0667. The summed E-state index contributed by atoms with van der Waals surface area (Å²) in [5.41, 5.74) is 1.38. The van der Waals surface area contributed by atoms with Crippen LogP contribution in [0.1, 0.15) is 30.7 Å². The first kappa shape index (κ1) is 25.9. The fourth-order valence-corrected chi connectivity index (χ4v) is 5.47. The molecule has 1 fully saturated rings. The summed E-state index contributed by atoms with van der Waals surface area (Å²) < 4.78 is 19.1. The number of thioether (sulfide) groups is 1. The number of hydrogen-bond donors (Lipinski definition) is 1. The standard InChI is InChI=1S/C25H27Cl2FN4O2S/c26-19-8-9-20(21(27)13-19)24-30-23(34-31-24)15-32-11-3-6-17(14-32)25(33)29-10-4-12-35-16-18-5-1-2-7-22(18)28/h1-2,5,7-9,13,17H,3-4,6,10-12,14-16H2,(H,29,33). The van der Waals surface area contributed by atoms with Gasteiger partial charge in [-0.15, -0.1) is 0 Å². The van der Waals surface area contributed by atoms with Gasteiger partial charge in [0.2, 0.25) is 17.6 Å². The predicted molar refractivity (Wildman–Crippen MR) is 138 cm³/mol. The Kier molecular flexibility index (Phi) is 9.43. The highest BCUT2D eigenvalue weighted by Crippen LogP contribution is 2.29. The third-order valence-corrected chi connectivity index (χ3v) is 7.50. The molecule has 4 rings (SSSR count). The summed E-state index contributed by atoms with van der Waals surface area (Å²) in [6, 6.07) is 12.0. The van der Waals surface area contributed by atoms with Gasteiger partial charge in [-0.2, -0.15) is 16.7 Å². The number of nitrogens with zero attached hydrogens (tertiary/aromatic N) is 3. The summed E-state index contributed by atoms with van der Waals surface area (Å²) in [5.74, 6) is 2.25. The molecule has 1 aromatic heterocycles. The van der Waals surface area contributed by atoms with Crippen molar-refractivity contribution in [2.24, 2.45) is 5.92 Å². The van der Waals surface area contributed by atoms with Crippen molar-refractivity contribution in [3.8, 4) is 11.4 Å². The van der Waals surface area contributed by atoms with Crippen molar-refractivity contribution in [3.05, 3.63) is 69.8 Å². The molecule has 1 atom stereocenters. The molecule has 0 saturated carbocycles. The number of likely N-dealkylation sites (tertiary alicyclic amines) is 1. The molecule has 2 aromatic carbocycles. The predicted octanol–water partition coefficient (Wildman–Crippen LogP) is 5.83. The zero-order valence-electron chi connectivity index (χ0n) is 19.2. The monoisotopic (exact) mass is 536 g/mol. The Morgan fingerprint density at radius 1 is 1.26 bits per heavy atom. The average Bonchev–Trinajstić information content (AvgIpc) is 3.30. The van der Waals surface area contributed by atoms with Gasteiger partial charge in [-0.3, -0.25) is 9.69 Å². The Hall–Kier alpha value is -2.13. The molecule has 3 aromatic rings. The molecule has 1 unspecified atom stereocenters. The number of aromatic nitrogens is 2. The Balaban J connectivity index is 1.18. The normalized spacial score (nSPS) is 16.4. The van der Waals surface area contributed by atoms with Crippen molar-refractivity contribution in [3.63, 3.8) is 0 Å². The summed E-state index contributed by atoms with van der Waals surface area (Å²) in [5, 5.41) is 8.10. The van der Waals surface area contributed by atoms with Gasteiger partial charge in [-0.05, 0) is 61.4 Å². The molecule has 1 saturated heterocycles. The van der Waals surface area contributed by atoms with Gasteiger partial charge in [0.25, 0.3) is 0 Å². The van der Waals surface area contributed by atoms with Gasteiger partial charge in [0, 0.05) is 29.4 Å². The molecule has 0 aliphatic carbocycles. The van der Waals surface area contributed by atoms with Crippen LogP contribution in [0.3, 0.4) is 0 Å². The molecular weight excluding hydrogens is 510 g/mol. The van der Waals surface area contributed by atoms with Crippen molar-refractivity contribution in [2.45, 2.75) is 31.6 Å². The molecule has 0 radical (unpaired) electrons. The zero-order chi connectivity index (χ0) is 24.6. The summed E-state index contributed by atoms with van der Waals surface area (Å²) in [7, 11) is 0. The molecule has 0 spiro atoms. The fraction of sp³-hybridized carbons (Fsp3) is 0.400. The molecule has 2 heterocycles. The Bertz CT molecular complexity index is 1150. The topological polar surface area (TPSA) is 71.3 Å². The lowest BCUT2D eigenvalue weighted by Crippen LogP contribution is -2.43. The van der Waals surface area contributed by atoms with E-state index in [4.69, 9.17) is 27.7 Å². The van der Waals surface area contributed by atoms with Crippen LogP contribution in [0.4, 0.5) is 4.39 Å². The van der Waals surface area contributed by atoms with E-state index in [0.717, 1.165) is 31.6 Å². The smallest absolute Gasteiger partial charge is 0.241 e. The molecule has 1 aliphatic rings.